The minimum Gasteiger partial charge on any atom is -0.253 e. The Bertz CT molecular complexity index is 393. The highest BCUT2D eigenvalue weighted by atomic mass is 14.7. The lowest BCUT2D eigenvalue weighted by molar-refractivity contribution is 1.06. The van der Waals surface area contributed by atoms with E-state index < -0.39 is 0 Å². The summed E-state index contributed by atoms with van der Waals surface area (Å²) in [4.78, 5) is 4.47. The lowest BCUT2D eigenvalue weighted by atomic mass is 10.2. The zero-order valence-electron chi connectivity index (χ0n) is 7.04. The first-order chi connectivity index (χ1) is 5.90. The predicted octanol–water partition coefficient (Wildman–Crippen LogP) is 2.60. The number of fused-ring (bicyclic) bond motifs is 1. The molecule has 0 bridgehead atoms. The predicted molar refractivity (Wildman–Crippen MR) is 50.0 cm³/mol. The van der Waals surface area contributed by atoms with Crippen LogP contribution in [0.3, 0.4) is 0 Å². The van der Waals surface area contributed by atoms with Crippen LogP contribution in [0.15, 0.2) is 30.3 Å². The van der Waals surface area contributed by atoms with Crippen LogP contribution in [0.4, 0.5) is 0 Å². The number of aromatic nitrogens is 1. The van der Waals surface area contributed by atoms with Crippen LogP contribution >= 0.6 is 0 Å². The molecule has 2 aromatic rings. The first kappa shape index (κ1) is 7.29. The van der Waals surface area contributed by atoms with E-state index in [1.807, 2.05) is 18.2 Å². The van der Waals surface area contributed by atoms with E-state index in [4.69, 9.17) is 0 Å². The van der Waals surface area contributed by atoms with Gasteiger partial charge in [-0.05, 0) is 30.7 Å². The van der Waals surface area contributed by atoms with Crippen molar-refractivity contribution in [3.05, 3.63) is 42.1 Å². The molecule has 0 unspecified atom stereocenters. The summed E-state index contributed by atoms with van der Waals surface area (Å²) >= 11 is 0. The third kappa shape index (κ3) is 1.18. The van der Waals surface area contributed by atoms with E-state index in [9.17, 15) is 0 Å². The number of rotatable bonds is 1. The normalized spacial score (nSPS) is 10.4. The minimum atomic E-state index is 0.995. The van der Waals surface area contributed by atoms with Gasteiger partial charge in [0.25, 0.3) is 0 Å². The first-order valence-corrected chi connectivity index (χ1v) is 4.16. The highest BCUT2D eigenvalue weighted by Gasteiger charge is 1.93. The molecule has 1 nitrogen and oxygen atoms in total. The van der Waals surface area contributed by atoms with Gasteiger partial charge >= 0.3 is 0 Å². The van der Waals surface area contributed by atoms with Crippen LogP contribution in [0.2, 0.25) is 0 Å². The SMILES string of the molecule is CCc1ccc2c[c]ccc2n1. The quantitative estimate of drug-likeness (QED) is 0.618. The highest BCUT2D eigenvalue weighted by Crippen LogP contribution is 2.11. The Labute approximate surface area is 72.1 Å². The van der Waals surface area contributed by atoms with Gasteiger partial charge in [0.15, 0.2) is 0 Å². The van der Waals surface area contributed by atoms with Crippen LogP contribution in [0, 0.1) is 6.07 Å². The first-order valence-electron chi connectivity index (χ1n) is 4.16. The molecule has 0 aliphatic rings. The summed E-state index contributed by atoms with van der Waals surface area (Å²) in [6.45, 7) is 2.11. The Kier molecular flexibility index (Phi) is 1.78. The second-order valence-electron chi connectivity index (χ2n) is 2.77. The third-order valence-electron chi connectivity index (χ3n) is 1.95. The van der Waals surface area contributed by atoms with Crippen LogP contribution in [-0.4, -0.2) is 4.98 Å². The molecular weight excluding hydrogens is 146 g/mol. The van der Waals surface area contributed by atoms with Gasteiger partial charge in [0, 0.05) is 11.1 Å². The summed E-state index contributed by atoms with van der Waals surface area (Å²) in [5.74, 6) is 0. The summed E-state index contributed by atoms with van der Waals surface area (Å²) in [5.41, 5.74) is 2.21. The molecule has 0 amide bonds. The molecule has 0 N–H and O–H groups in total. The molecule has 0 aliphatic carbocycles. The summed E-state index contributed by atoms with van der Waals surface area (Å²) < 4.78 is 0. The summed E-state index contributed by atoms with van der Waals surface area (Å²) in [6.07, 6.45) is 0.995. The number of hydrogen-bond acceptors (Lipinski definition) is 1. The Balaban J connectivity index is 2.67. The topological polar surface area (TPSA) is 12.9 Å². The Morgan fingerprint density at radius 3 is 3.08 bits per heavy atom. The van der Waals surface area contributed by atoms with Gasteiger partial charge in [-0.2, -0.15) is 0 Å². The van der Waals surface area contributed by atoms with Crippen molar-refractivity contribution >= 4 is 10.9 Å². The van der Waals surface area contributed by atoms with Crippen molar-refractivity contribution in [1.82, 2.24) is 4.98 Å². The molecule has 0 fully saturated rings. The molecule has 1 aromatic carbocycles. The Morgan fingerprint density at radius 1 is 1.33 bits per heavy atom. The van der Waals surface area contributed by atoms with Gasteiger partial charge in [-0.3, -0.25) is 4.98 Å². The molecule has 0 aliphatic heterocycles. The van der Waals surface area contributed by atoms with Crippen LogP contribution in [-0.2, 0) is 6.42 Å². The van der Waals surface area contributed by atoms with E-state index in [-0.39, 0.29) is 0 Å². The van der Waals surface area contributed by atoms with Crippen LogP contribution in [0.1, 0.15) is 12.6 Å². The largest absolute Gasteiger partial charge is 0.253 e. The fourth-order valence-corrected chi connectivity index (χ4v) is 1.25. The van der Waals surface area contributed by atoms with Gasteiger partial charge in [-0.1, -0.05) is 19.1 Å². The lowest BCUT2D eigenvalue weighted by Gasteiger charge is -1.98. The molecule has 0 atom stereocenters. The van der Waals surface area contributed by atoms with Gasteiger partial charge in [-0.25, -0.2) is 0 Å². The zero-order chi connectivity index (χ0) is 8.39. The minimum absolute atomic E-state index is 0.995. The summed E-state index contributed by atoms with van der Waals surface area (Å²) in [5, 5.41) is 1.16. The smallest absolute Gasteiger partial charge is 0.0705 e. The van der Waals surface area contributed by atoms with Gasteiger partial charge in [0.2, 0.25) is 0 Å². The number of aryl methyl sites for hydroxylation is 1. The van der Waals surface area contributed by atoms with Crippen molar-refractivity contribution in [3.8, 4) is 0 Å². The van der Waals surface area contributed by atoms with E-state index in [0.29, 0.717) is 0 Å². The number of nitrogens with zero attached hydrogens (tertiary/aromatic N) is 1. The van der Waals surface area contributed by atoms with Crippen molar-refractivity contribution in [3.63, 3.8) is 0 Å². The Morgan fingerprint density at radius 2 is 2.25 bits per heavy atom. The Hall–Kier alpha value is -1.37. The second-order valence-corrected chi connectivity index (χ2v) is 2.77. The van der Waals surface area contributed by atoms with Gasteiger partial charge in [0.05, 0.1) is 5.52 Å². The van der Waals surface area contributed by atoms with E-state index in [1.54, 1.807) is 0 Å². The van der Waals surface area contributed by atoms with Gasteiger partial charge in [0.1, 0.15) is 0 Å². The van der Waals surface area contributed by atoms with Crippen LogP contribution in [0.25, 0.3) is 10.9 Å². The third-order valence-corrected chi connectivity index (χ3v) is 1.95. The fraction of sp³-hybridized carbons (Fsp3) is 0.182. The zero-order valence-corrected chi connectivity index (χ0v) is 7.04. The molecule has 1 heteroatoms. The molecule has 0 saturated carbocycles. The fourth-order valence-electron chi connectivity index (χ4n) is 1.25. The highest BCUT2D eigenvalue weighted by molar-refractivity contribution is 5.78. The standard InChI is InChI=1S/C11H10N/c1-2-10-8-7-9-5-3-4-6-11(9)12-10/h4-8H,2H2,1H3. The van der Waals surface area contributed by atoms with E-state index >= 15 is 0 Å². The lowest BCUT2D eigenvalue weighted by Crippen LogP contribution is -1.86. The molecule has 2 rings (SSSR count). The van der Waals surface area contributed by atoms with Gasteiger partial charge in [-0.15, -0.1) is 0 Å². The van der Waals surface area contributed by atoms with Gasteiger partial charge < -0.3 is 0 Å². The molecular formula is C11H10N. The van der Waals surface area contributed by atoms with Crippen molar-refractivity contribution in [2.24, 2.45) is 0 Å². The number of pyridine rings is 1. The summed E-state index contributed by atoms with van der Waals surface area (Å²) in [6, 6.07) is 13.0. The monoisotopic (exact) mass is 156 g/mol. The number of benzene rings is 1. The molecule has 12 heavy (non-hydrogen) atoms. The maximum absolute atomic E-state index is 4.47. The van der Waals surface area contributed by atoms with Crippen molar-refractivity contribution in [2.75, 3.05) is 0 Å². The van der Waals surface area contributed by atoms with Crippen molar-refractivity contribution in [2.45, 2.75) is 13.3 Å². The molecule has 59 valence electrons. The maximum Gasteiger partial charge on any atom is 0.0705 e. The molecule has 1 aromatic heterocycles. The molecule has 0 saturated heterocycles. The van der Waals surface area contributed by atoms with E-state index in [2.05, 4.69) is 30.1 Å². The van der Waals surface area contributed by atoms with Crippen LogP contribution < -0.4 is 0 Å². The molecule has 1 radical (unpaired) electrons. The van der Waals surface area contributed by atoms with E-state index in [0.717, 1.165) is 23.0 Å². The second kappa shape index (κ2) is 2.94. The summed E-state index contributed by atoms with van der Waals surface area (Å²) in [7, 11) is 0. The molecule has 1 heterocycles. The average molecular weight is 156 g/mol. The molecule has 0 spiro atoms. The number of hydrogen-bond donors (Lipinski definition) is 0. The van der Waals surface area contributed by atoms with Crippen molar-refractivity contribution < 1.29 is 0 Å². The maximum atomic E-state index is 4.47. The van der Waals surface area contributed by atoms with E-state index in [1.165, 1.54) is 0 Å². The van der Waals surface area contributed by atoms with Crippen LogP contribution in [0.5, 0.6) is 0 Å². The van der Waals surface area contributed by atoms with Crippen molar-refractivity contribution in [1.29, 1.82) is 0 Å². The average Bonchev–Trinajstić information content (AvgIpc) is 2.17.